The SMILES string of the molecule is COC(=O)c1ccc(/C=C2\Oc3cc(OC(=O)c4cc5ccccc5o4)cc(C)c3C2=O)cc1. The molecule has 1 aliphatic heterocycles. The van der Waals surface area contributed by atoms with Crippen molar-refractivity contribution in [2.75, 3.05) is 7.11 Å². The van der Waals surface area contributed by atoms with Crippen LogP contribution in [0.15, 0.2) is 76.9 Å². The number of fused-ring (bicyclic) bond motifs is 2. The molecule has 5 rings (SSSR count). The second kappa shape index (κ2) is 8.37. The maximum Gasteiger partial charge on any atom is 0.379 e. The minimum atomic E-state index is -0.652. The van der Waals surface area contributed by atoms with E-state index in [1.807, 2.05) is 18.2 Å². The number of methoxy groups -OCH3 is 1. The normalized spacial score (nSPS) is 13.6. The zero-order valence-corrected chi connectivity index (χ0v) is 18.3. The summed E-state index contributed by atoms with van der Waals surface area (Å²) >= 11 is 0. The van der Waals surface area contributed by atoms with Crippen molar-refractivity contribution in [3.63, 3.8) is 0 Å². The van der Waals surface area contributed by atoms with Crippen LogP contribution in [-0.2, 0) is 4.74 Å². The van der Waals surface area contributed by atoms with E-state index in [4.69, 9.17) is 13.9 Å². The standard InChI is InChI=1S/C27H18O7/c1-15-11-19(32-27(30)23-13-18-5-3-4-6-20(18)33-23)14-21-24(15)25(28)22(34-21)12-16-7-9-17(10-8-16)26(29)31-2/h3-14H,1-2H3/b22-12-. The zero-order valence-electron chi connectivity index (χ0n) is 18.3. The minimum Gasteiger partial charge on any atom is -0.465 e. The Kier molecular flexibility index (Phi) is 5.22. The van der Waals surface area contributed by atoms with Gasteiger partial charge in [0.1, 0.15) is 17.1 Å². The van der Waals surface area contributed by atoms with Gasteiger partial charge in [-0.25, -0.2) is 9.59 Å². The van der Waals surface area contributed by atoms with Crippen molar-refractivity contribution in [2.24, 2.45) is 0 Å². The van der Waals surface area contributed by atoms with Crippen LogP contribution in [0.5, 0.6) is 11.5 Å². The summed E-state index contributed by atoms with van der Waals surface area (Å²) in [6, 6.07) is 18.6. The molecule has 3 aromatic carbocycles. The van der Waals surface area contributed by atoms with Crippen LogP contribution in [-0.4, -0.2) is 24.8 Å². The van der Waals surface area contributed by atoms with Crippen LogP contribution in [0, 0.1) is 6.92 Å². The molecule has 0 amide bonds. The summed E-state index contributed by atoms with van der Waals surface area (Å²) in [5.41, 5.74) is 2.68. The average Bonchev–Trinajstić information content (AvgIpc) is 3.40. The molecule has 0 N–H and O–H groups in total. The molecule has 0 atom stereocenters. The lowest BCUT2D eigenvalue weighted by molar-refractivity contribution is 0.0600. The lowest BCUT2D eigenvalue weighted by Crippen LogP contribution is -2.07. The fourth-order valence-electron chi connectivity index (χ4n) is 3.76. The third-order valence-corrected chi connectivity index (χ3v) is 5.41. The van der Waals surface area contributed by atoms with Crippen molar-refractivity contribution in [1.29, 1.82) is 0 Å². The number of benzene rings is 3. The molecule has 4 aromatic rings. The van der Waals surface area contributed by atoms with Gasteiger partial charge in [0.15, 0.2) is 5.76 Å². The summed E-state index contributed by atoms with van der Waals surface area (Å²) in [7, 11) is 1.31. The van der Waals surface area contributed by atoms with Crippen molar-refractivity contribution in [2.45, 2.75) is 6.92 Å². The van der Waals surface area contributed by atoms with Crippen molar-refractivity contribution in [3.05, 3.63) is 101 Å². The number of hydrogen-bond acceptors (Lipinski definition) is 7. The number of ether oxygens (including phenoxy) is 3. The van der Waals surface area contributed by atoms with Crippen molar-refractivity contribution in [3.8, 4) is 11.5 Å². The van der Waals surface area contributed by atoms with E-state index >= 15 is 0 Å². The van der Waals surface area contributed by atoms with Crippen molar-refractivity contribution in [1.82, 2.24) is 0 Å². The van der Waals surface area contributed by atoms with Gasteiger partial charge in [0.2, 0.25) is 11.5 Å². The second-order valence-electron chi connectivity index (χ2n) is 7.70. The number of furan rings is 1. The number of aryl methyl sites for hydroxylation is 1. The van der Waals surface area contributed by atoms with Gasteiger partial charge in [-0.1, -0.05) is 30.3 Å². The number of allylic oxidation sites excluding steroid dienone is 1. The summed E-state index contributed by atoms with van der Waals surface area (Å²) in [4.78, 5) is 37.1. The molecule has 168 valence electrons. The summed E-state index contributed by atoms with van der Waals surface area (Å²) in [5, 5.41) is 0.794. The highest BCUT2D eigenvalue weighted by atomic mass is 16.5. The summed E-state index contributed by atoms with van der Waals surface area (Å²) in [6.45, 7) is 1.74. The number of hydrogen-bond donors (Lipinski definition) is 0. The highest BCUT2D eigenvalue weighted by Crippen LogP contribution is 2.38. The largest absolute Gasteiger partial charge is 0.465 e. The third-order valence-electron chi connectivity index (χ3n) is 5.41. The Balaban J connectivity index is 1.38. The van der Waals surface area contributed by atoms with Crippen molar-refractivity contribution >= 4 is 34.8 Å². The number of carbonyl (C=O) groups excluding carboxylic acids is 3. The quantitative estimate of drug-likeness (QED) is 0.233. The number of esters is 2. The van der Waals surface area contributed by atoms with Crippen LogP contribution in [0.25, 0.3) is 17.0 Å². The highest BCUT2D eigenvalue weighted by Gasteiger charge is 2.30. The molecule has 7 nitrogen and oxygen atoms in total. The van der Waals surface area contributed by atoms with E-state index in [0.717, 1.165) is 5.39 Å². The first-order chi connectivity index (χ1) is 16.4. The molecule has 0 unspecified atom stereocenters. The molecule has 0 bridgehead atoms. The van der Waals surface area contributed by atoms with Gasteiger partial charge in [0.05, 0.1) is 18.2 Å². The molecular weight excluding hydrogens is 436 g/mol. The van der Waals surface area contributed by atoms with Crippen LogP contribution in [0.4, 0.5) is 0 Å². The highest BCUT2D eigenvalue weighted by molar-refractivity contribution is 6.15. The Morgan fingerprint density at radius 2 is 1.71 bits per heavy atom. The Morgan fingerprint density at radius 1 is 0.941 bits per heavy atom. The molecule has 2 heterocycles. The number of ketones is 1. The molecule has 1 aromatic heterocycles. The van der Waals surface area contributed by atoms with Crippen LogP contribution < -0.4 is 9.47 Å². The lowest BCUT2D eigenvalue weighted by atomic mass is 10.0. The van der Waals surface area contributed by atoms with Gasteiger partial charge in [-0.3, -0.25) is 4.79 Å². The number of carbonyl (C=O) groups is 3. The van der Waals surface area contributed by atoms with Crippen LogP contribution in [0.3, 0.4) is 0 Å². The molecule has 0 spiro atoms. The predicted molar refractivity (Wildman–Crippen MR) is 123 cm³/mol. The molecule has 0 saturated carbocycles. The van der Waals surface area contributed by atoms with Gasteiger partial charge in [0, 0.05) is 11.5 Å². The van der Waals surface area contributed by atoms with Gasteiger partial charge in [-0.15, -0.1) is 0 Å². The summed E-state index contributed by atoms with van der Waals surface area (Å²) in [6.07, 6.45) is 1.59. The number of para-hydroxylation sites is 1. The number of Topliss-reactive ketones (excluding diaryl/α,β-unsaturated/α-hetero) is 1. The maximum atomic E-state index is 12.9. The number of rotatable bonds is 4. The van der Waals surface area contributed by atoms with E-state index in [0.29, 0.717) is 33.6 Å². The monoisotopic (exact) mass is 454 g/mol. The molecular formula is C27H18O7. The summed E-state index contributed by atoms with van der Waals surface area (Å²) < 4.78 is 21.5. The molecule has 34 heavy (non-hydrogen) atoms. The van der Waals surface area contributed by atoms with Gasteiger partial charge in [-0.05, 0) is 54.5 Å². The van der Waals surface area contributed by atoms with E-state index < -0.39 is 11.9 Å². The summed E-state index contributed by atoms with van der Waals surface area (Å²) in [5.74, 6) is -0.633. The van der Waals surface area contributed by atoms with Crippen LogP contribution in [0.1, 0.15) is 42.4 Å². The lowest BCUT2D eigenvalue weighted by Gasteiger charge is -2.06. The zero-order chi connectivity index (χ0) is 23.8. The molecule has 0 radical (unpaired) electrons. The fourth-order valence-corrected chi connectivity index (χ4v) is 3.76. The van der Waals surface area contributed by atoms with E-state index in [1.165, 1.54) is 13.2 Å². The Hall–Kier alpha value is -4.65. The molecule has 7 heteroatoms. The first-order valence-corrected chi connectivity index (χ1v) is 10.4. The van der Waals surface area contributed by atoms with E-state index in [9.17, 15) is 14.4 Å². The smallest absolute Gasteiger partial charge is 0.379 e. The maximum absolute atomic E-state index is 12.9. The molecule has 0 saturated heterocycles. The third kappa shape index (κ3) is 3.84. The van der Waals surface area contributed by atoms with E-state index in [-0.39, 0.29) is 23.1 Å². The van der Waals surface area contributed by atoms with Gasteiger partial charge in [-0.2, -0.15) is 0 Å². The minimum absolute atomic E-state index is 0.0762. The molecule has 0 fully saturated rings. The van der Waals surface area contributed by atoms with Gasteiger partial charge >= 0.3 is 11.9 Å². The first kappa shape index (κ1) is 21.2. The van der Waals surface area contributed by atoms with Crippen LogP contribution >= 0.6 is 0 Å². The predicted octanol–water partition coefficient (Wildman–Crippen LogP) is 5.36. The topological polar surface area (TPSA) is 92.0 Å². The average molecular weight is 454 g/mol. The van der Waals surface area contributed by atoms with Crippen LogP contribution in [0.2, 0.25) is 0 Å². The molecule has 0 aliphatic carbocycles. The van der Waals surface area contributed by atoms with Gasteiger partial charge in [0.25, 0.3) is 0 Å². The van der Waals surface area contributed by atoms with Crippen molar-refractivity contribution < 1.29 is 33.0 Å². The fraction of sp³-hybridized carbons (Fsp3) is 0.0741. The van der Waals surface area contributed by atoms with Gasteiger partial charge < -0.3 is 18.6 Å². The molecule has 1 aliphatic rings. The Morgan fingerprint density at radius 3 is 2.44 bits per heavy atom. The first-order valence-electron chi connectivity index (χ1n) is 10.4. The van der Waals surface area contributed by atoms with E-state index in [1.54, 1.807) is 55.5 Å². The Bertz CT molecular complexity index is 1460. The Labute approximate surface area is 194 Å². The van der Waals surface area contributed by atoms with E-state index in [2.05, 4.69) is 4.74 Å². The second-order valence-corrected chi connectivity index (χ2v) is 7.70.